The Labute approximate surface area is 181 Å². The number of hydrogen-bond acceptors (Lipinski definition) is 7. The second-order valence-corrected chi connectivity index (χ2v) is 9.80. The average molecular weight is 456 g/mol. The fourth-order valence-electron chi connectivity index (χ4n) is 2.85. The van der Waals surface area contributed by atoms with E-state index < -0.39 is 21.6 Å². The van der Waals surface area contributed by atoms with Crippen molar-refractivity contribution in [1.82, 2.24) is 9.29 Å². The summed E-state index contributed by atoms with van der Waals surface area (Å²) in [6, 6.07) is 14.5. The number of nitrogens with one attached hydrogen (secondary N) is 1. The lowest BCUT2D eigenvalue weighted by molar-refractivity contribution is 0.102. The number of thiazole rings is 1. The summed E-state index contributed by atoms with van der Waals surface area (Å²) in [5, 5.41) is 5.39. The normalized spacial score (nSPS) is 11.7. The van der Waals surface area contributed by atoms with E-state index >= 15 is 0 Å². The molecule has 4 aromatic rings. The highest BCUT2D eigenvalue weighted by Gasteiger charge is 2.18. The molecular formula is C21H17N3O5S2. The predicted molar refractivity (Wildman–Crippen MR) is 119 cm³/mol. The van der Waals surface area contributed by atoms with Crippen LogP contribution in [0.2, 0.25) is 0 Å². The molecule has 0 spiro atoms. The van der Waals surface area contributed by atoms with Crippen molar-refractivity contribution in [2.75, 3.05) is 19.4 Å². The summed E-state index contributed by atoms with van der Waals surface area (Å²) in [6.07, 6.45) is 0. The van der Waals surface area contributed by atoms with E-state index in [-0.39, 0.29) is 10.5 Å². The van der Waals surface area contributed by atoms with Crippen LogP contribution in [0.3, 0.4) is 0 Å². The van der Waals surface area contributed by atoms with Crippen LogP contribution in [0.15, 0.2) is 74.1 Å². The lowest BCUT2D eigenvalue weighted by Gasteiger charge is -2.11. The first kappa shape index (κ1) is 20.9. The minimum atomic E-state index is -3.57. The van der Waals surface area contributed by atoms with Gasteiger partial charge in [-0.05, 0) is 36.4 Å². The monoisotopic (exact) mass is 455 g/mol. The molecule has 4 rings (SSSR count). The zero-order valence-corrected chi connectivity index (χ0v) is 18.2. The summed E-state index contributed by atoms with van der Waals surface area (Å²) in [7, 11) is -0.699. The van der Waals surface area contributed by atoms with Crippen molar-refractivity contribution < 1.29 is 17.6 Å². The Bertz CT molecular complexity index is 1440. The van der Waals surface area contributed by atoms with Crippen LogP contribution in [-0.4, -0.2) is 37.7 Å². The highest BCUT2D eigenvalue weighted by atomic mass is 32.2. The third-order valence-electron chi connectivity index (χ3n) is 4.54. The van der Waals surface area contributed by atoms with Crippen LogP contribution in [0, 0.1) is 0 Å². The molecule has 0 aliphatic heterocycles. The van der Waals surface area contributed by atoms with Crippen LogP contribution >= 0.6 is 11.3 Å². The van der Waals surface area contributed by atoms with Crippen molar-refractivity contribution in [2.24, 2.45) is 0 Å². The van der Waals surface area contributed by atoms with Crippen LogP contribution in [0.4, 0.5) is 5.13 Å². The van der Waals surface area contributed by atoms with E-state index in [1.165, 1.54) is 49.7 Å². The van der Waals surface area contributed by atoms with E-state index in [0.29, 0.717) is 22.0 Å². The molecule has 0 unspecified atom stereocenters. The van der Waals surface area contributed by atoms with Crippen LogP contribution < -0.4 is 10.9 Å². The number of aromatic nitrogens is 1. The Morgan fingerprint density at radius 2 is 1.81 bits per heavy atom. The third-order valence-corrected chi connectivity index (χ3v) is 7.12. The minimum Gasteiger partial charge on any atom is -0.422 e. The van der Waals surface area contributed by atoms with Gasteiger partial charge in [-0.2, -0.15) is 0 Å². The van der Waals surface area contributed by atoms with Gasteiger partial charge in [-0.1, -0.05) is 18.2 Å². The first-order valence-corrected chi connectivity index (χ1v) is 11.4. The number of anilines is 1. The number of para-hydroxylation sites is 1. The summed E-state index contributed by atoms with van der Waals surface area (Å²) >= 11 is 1.17. The minimum absolute atomic E-state index is 0.0913. The summed E-state index contributed by atoms with van der Waals surface area (Å²) in [4.78, 5) is 29.2. The van der Waals surface area contributed by atoms with Crippen LogP contribution in [0.5, 0.6) is 0 Å². The molecule has 0 fully saturated rings. The number of rotatable bonds is 5. The lowest BCUT2D eigenvalue weighted by Crippen LogP contribution is -2.22. The number of amides is 1. The fraction of sp³-hybridized carbons (Fsp3) is 0.0952. The van der Waals surface area contributed by atoms with Gasteiger partial charge in [-0.15, -0.1) is 11.3 Å². The number of sulfonamides is 1. The summed E-state index contributed by atoms with van der Waals surface area (Å²) in [6.45, 7) is 0. The van der Waals surface area contributed by atoms with Gasteiger partial charge < -0.3 is 4.42 Å². The van der Waals surface area contributed by atoms with Crippen molar-refractivity contribution >= 4 is 43.4 Å². The second kappa shape index (κ2) is 8.06. The van der Waals surface area contributed by atoms with Gasteiger partial charge in [0.05, 0.1) is 16.2 Å². The molecule has 0 aliphatic carbocycles. The zero-order chi connectivity index (χ0) is 22.2. The fourth-order valence-corrected chi connectivity index (χ4v) is 4.46. The Hall–Kier alpha value is -3.34. The zero-order valence-electron chi connectivity index (χ0n) is 16.5. The molecule has 0 saturated heterocycles. The van der Waals surface area contributed by atoms with Crippen molar-refractivity contribution in [1.29, 1.82) is 0 Å². The highest BCUT2D eigenvalue weighted by Crippen LogP contribution is 2.25. The Morgan fingerprint density at radius 1 is 1.10 bits per heavy atom. The van der Waals surface area contributed by atoms with Gasteiger partial charge in [0.2, 0.25) is 10.0 Å². The molecule has 8 nitrogen and oxygen atoms in total. The standard InChI is InChI=1S/C21H17N3O5S2/c1-24(2)31(27,28)15-9-7-13(8-10-15)19(25)23-21-22-17(12-30-21)16-11-14-5-3-4-6-18(14)29-20(16)26/h3-12H,1-2H3,(H,22,23,25). The smallest absolute Gasteiger partial charge is 0.345 e. The van der Waals surface area contributed by atoms with Gasteiger partial charge in [0, 0.05) is 30.4 Å². The van der Waals surface area contributed by atoms with Gasteiger partial charge in [0.15, 0.2) is 5.13 Å². The topological polar surface area (TPSA) is 110 Å². The first-order valence-electron chi connectivity index (χ1n) is 9.08. The molecule has 1 N–H and O–H groups in total. The third kappa shape index (κ3) is 4.13. The van der Waals surface area contributed by atoms with Crippen LogP contribution in [0.1, 0.15) is 10.4 Å². The maximum absolute atomic E-state index is 12.5. The number of hydrogen-bond donors (Lipinski definition) is 1. The maximum atomic E-state index is 12.5. The molecule has 0 aliphatic rings. The predicted octanol–water partition coefficient (Wildman–Crippen LogP) is 3.42. The summed E-state index contributed by atoms with van der Waals surface area (Å²) in [5.74, 6) is -0.444. The quantitative estimate of drug-likeness (QED) is 0.462. The first-order chi connectivity index (χ1) is 14.8. The Balaban J connectivity index is 1.55. The van der Waals surface area contributed by atoms with Gasteiger partial charge >= 0.3 is 5.63 Å². The highest BCUT2D eigenvalue weighted by molar-refractivity contribution is 7.89. The van der Waals surface area contributed by atoms with Gasteiger partial charge in [-0.25, -0.2) is 22.5 Å². The molecule has 0 saturated carbocycles. The van der Waals surface area contributed by atoms with Crippen LogP contribution in [0.25, 0.3) is 22.2 Å². The van der Waals surface area contributed by atoms with Crippen molar-refractivity contribution in [3.8, 4) is 11.3 Å². The Kier molecular flexibility index (Phi) is 5.44. The molecule has 1 amide bonds. The molecule has 158 valence electrons. The Morgan fingerprint density at radius 3 is 2.52 bits per heavy atom. The molecule has 2 aromatic heterocycles. The number of carbonyl (C=O) groups excluding carboxylic acids is 1. The number of fused-ring (bicyclic) bond motifs is 1. The molecule has 0 bridgehead atoms. The summed E-state index contributed by atoms with van der Waals surface area (Å²) in [5.41, 5.74) is 0.944. The van der Waals surface area contributed by atoms with Crippen LogP contribution in [-0.2, 0) is 10.0 Å². The summed E-state index contributed by atoms with van der Waals surface area (Å²) < 4.78 is 30.7. The van der Waals surface area contributed by atoms with E-state index in [4.69, 9.17) is 4.42 Å². The van der Waals surface area contributed by atoms with Crippen molar-refractivity contribution in [2.45, 2.75) is 4.90 Å². The number of benzene rings is 2. The van der Waals surface area contributed by atoms with Crippen molar-refractivity contribution in [3.63, 3.8) is 0 Å². The second-order valence-electron chi connectivity index (χ2n) is 6.79. The van der Waals surface area contributed by atoms with Gasteiger partial charge in [-0.3, -0.25) is 10.1 Å². The van der Waals surface area contributed by atoms with Crippen molar-refractivity contribution in [3.05, 3.63) is 76.0 Å². The molecule has 10 heteroatoms. The molecule has 31 heavy (non-hydrogen) atoms. The van der Waals surface area contributed by atoms with E-state index in [0.717, 1.165) is 9.69 Å². The van der Waals surface area contributed by atoms with E-state index in [9.17, 15) is 18.0 Å². The van der Waals surface area contributed by atoms with E-state index in [1.54, 1.807) is 23.6 Å². The molecular weight excluding hydrogens is 438 g/mol. The lowest BCUT2D eigenvalue weighted by atomic mass is 10.1. The molecule has 0 atom stereocenters. The molecule has 2 aromatic carbocycles. The van der Waals surface area contributed by atoms with Gasteiger partial charge in [0.25, 0.3) is 5.91 Å². The van der Waals surface area contributed by atoms with E-state index in [1.807, 2.05) is 12.1 Å². The van der Waals surface area contributed by atoms with Gasteiger partial charge in [0.1, 0.15) is 5.58 Å². The molecule has 2 heterocycles. The molecule has 0 radical (unpaired) electrons. The van der Waals surface area contributed by atoms with E-state index in [2.05, 4.69) is 10.3 Å². The number of nitrogens with zero attached hydrogens (tertiary/aromatic N) is 2. The number of carbonyl (C=O) groups is 1. The maximum Gasteiger partial charge on any atom is 0.345 e. The largest absolute Gasteiger partial charge is 0.422 e. The SMILES string of the molecule is CN(C)S(=O)(=O)c1ccc(C(=O)Nc2nc(-c3cc4ccccc4oc3=O)cs2)cc1. The average Bonchev–Trinajstić information content (AvgIpc) is 3.21.